The van der Waals surface area contributed by atoms with Gasteiger partial charge < -0.3 is 0 Å². The number of hydrogen-bond donors (Lipinski definition) is 0. The van der Waals surface area contributed by atoms with Crippen LogP contribution >= 0.6 is 0 Å². The van der Waals surface area contributed by atoms with Gasteiger partial charge in [0.05, 0.1) is 0 Å². The first-order valence-corrected chi connectivity index (χ1v) is 3.52. The van der Waals surface area contributed by atoms with E-state index in [0.29, 0.717) is 0 Å². The predicted octanol–water partition coefficient (Wildman–Crippen LogP) is 2.41. The molecule has 0 nitrogen and oxygen atoms in total. The Morgan fingerprint density at radius 3 is 2.30 bits per heavy atom. The second-order valence-corrected chi connectivity index (χ2v) is 2.89. The summed E-state index contributed by atoms with van der Waals surface area (Å²) in [5.41, 5.74) is -0.165. The van der Waals surface area contributed by atoms with Crippen LogP contribution in [0.25, 0.3) is 0 Å². The first kappa shape index (κ1) is 9.12. The van der Waals surface area contributed by atoms with Gasteiger partial charge in [-0.15, -0.1) is 11.8 Å². The molecule has 1 radical (unpaired) electrons. The fourth-order valence-corrected chi connectivity index (χ4v) is 0.453. The third kappa shape index (κ3) is 4.04. The lowest BCUT2D eigenvalue weighted by molar-refractivity contribution is 0.521. The van der Waals surface area contributed by atoms with Gasteiger partial charge >= 0.3 is 0 Å². The highest BCUT2D eigenvalue weighted by Gasteiger charge is 2.10. The molecule has 53 valence electrons. The third-order valence-electron chi connectivity index (χ3n) is 1.17. The molecular formula is C10H13. The highest BCUT2D eigenvalue weighted by molar-refractivity contribution is 5.07. The molecule has 0 heteroatoms. The van der Waals surface area contributed by atoms with Crippen molar-refractivity contribution in [1.29, 1.82) is 0 Å². The van der Waals surface area contributed by atoms with E-state index in [-0.39, 0.29) is 5.41 Å². The van der Waals surface area contributed by atoms with E-state index in [1.54, 1.807) is 0 Å². The van der Waals surface area contributed by atoms with Crippen LogP contribution in [0, 0.1) is 29.6 Å². The quantitative estimate of drug-likeness (QED) is 0.482. The molecular weight excluding hydrogens is 120 g/mol. The Kier molecular flexibility index (Phi) is 3.67. The van der Waals surface area contributed by atoms with Crippen molar-refractivity contribution in [2.45, 2.75) is 33.6 Å². The van der Waals surface area contributed by atoms with Gasteiger partial charge in [0.25, 0.3) is 0 Å². The van der Waals surface area contributed by atoms with Crippen LogP contribution in [0.2, 0.25) is 0 Å². The lowest BCUT2D eigenvalue weighted by Gasteiger charge is -2.11. The summed E-state index contributed by atoms with van der Waals surface area (Å²) in [6.45, 7) is 5.95. The zero-order valence-corrected chi connectivity index (χ0v) is 6.91. The lowest BCUT2D eigenvalue weighted by atomic mass is 9.91. The average Bonchev–Trinajstić information content (AvgIpc) is 1.89. The Bertz CT molecular complexity index is 180. The first-order chi connectivity index (χ1) is 4.62. The molecule has 0 bridgehead atoms. The topological polar surface area (TPSA) is 0 Å². The first-order valence-electron chi connectivity index (χ1n) is 3.52. The van der Waals surface area contributed by atoms with Crippen LogP contribution in [0.3, 0.4) is 0 Å². The summed E-state index contributed by atoms with van der Waals surface area (Å²) in [5.74, 6) is 8.41. The standard InChI is InChI=1S/C10H13/c1-5-7-8-9-10(3,4)6-2/h5,9H2,1,3-4H3. The van der Waals surface area contributed by atoms with Gasteiger partial charge in [0.2, 0.25) is 0 Å². The highest BCUT2D eigenvalue weighted by atomic mass is 14.1. The lowest BCUT2D eigenvalue weighted by Crippen LogP contribution is -2.05. The van der Waals surface area contributed by atoms with Crippen LogP contribution in [0.15, 0.2) is 0 Å². The van der Waals surface area contributed by atoms with E-state index in [1.807, 2.05) is 20.8 Å². The van der Waals surface area contributed by atoms with Gasteiger partial charge in [-0.3, -0.25) is 0 Å². The summed E-state index contributed by atoms with van der Waals surface area (Å²) in [6, 6.07) is 0. The van der Waals surface area contributed by atoms with Crippen LogP contribution < -0.4 is 0 Å². The summed E-state index contributed by atoms with van der Waals surface area (Å²) < 4.78 is 0. The molecule has 0 aromatic rings. The summed E-state index contributed by atoms with van der Waals surface area (Å²) in [4.78, 5) is 0. The van der Waals surface area contributed by atoms with Crippen molar-refractivity contribution in [3.8, 4) is 17.8 Å². The molecule has 0 aromatic carbocycles. The summed E-state index contributed by atoms with van der Waals surface area (Å²) in [7, 11) is 0. The maximum absolute atomic E-state index is 6.92. The minimum absolute atomic E-state index is 0.165. The molecule has 0 aliphatic carbocycles. The largest absolute Gasteiger partial charge is 0.104 e. The fourth-order valence-electron chi connectivity index (χ4n) is 0.453. The minimum Gasteiger partial charge on any atom is -0.104 e. The second kappa shape index (κ2) is 4.02. The normalized spacial score (nSPS) is 9.40. The zero-order chi connectivity index (χ0) is 8.04. The van der Waals surface area contributed by atoms with Gasteiger partial charge in [-0.25, -0.2) is 0 Å². The molecule has 0 heterocycles. The molecule has 0 atom stereocenters. The van der Waals surface area contributed by atoms with E-state index in [0.717, 1.165) is 12.8 Å². The monoisotopic (exact) mass is 133 g/mol. The predicted molar refractivity (Wildman–Crippen MR) is 43.6 cm³/mol. The second-order valence-electron chi connectivity index (χ2n) is 2.89. The summed E-state index contributed by atoms with van der Waals surface area (Å²) >= 11 is 0. The Balaban J connectivity index is 3.81. The molecule has 0 fully saturated rings. The van der Waals surface area contributed by atoms with Gasteiger partial charge in [-0.05, 0) is 20.3 Å². The molecule has 0 aliphatic heterocycles. The van der Waals surface area contributed by atoms with E-state index < -0.39 is 0 Å². The molecule has 0 rings (SSSR count). The zero-order valence-electron chi connectivity index (χ0n) is 6.91. The van der Waals surface area contributed by atoms with Crippen molar-refractivity contribution in [3.63, 3.8) is 0 Å². The Morgan fingerprint density at radius 1 is 1.30 bits per heavy atom. The molecule has 0 saturated carbocycles. The van der Waals surface area contributed by atoms with Crippen LogP contribution in [-0.2, 0) is 0 Å². The smallest absolute Gasteiger partial charge is 0.0377 e. The maximum Gasteiger partial charge on any atom is 0.0377 e. The van der Waals surface area contributed by atoms with Gasteiger partial charge in [0.15, 0.2) is 0 Å². The van der Waals surface area contributed by atoms with Crippen LogP contribution in [0.4, 0.5) is 0 Å². The number of hydrogen-bond acceptors (Lipinski definition) is 0. The molecule has 0 aliphatic rings. The van der Waals surface area contributed by atoms with Gasteiger partial charge in [0.1, 0.15) is 0 Å². The molecule has 0 unspecified atom stereocenters. The van der Waals surface area contributed by atoms with Crippen molar-refractivity contribution in [2.75, 3.05) is 0 Å². The van der Waals surface area contributed by atoms with Crippen LogP contribution in [0.1, 0.15) is 33.6 Å². The summed E-state index contributed by atoms with van der Waals surface area (Å²) in [6.07, 6.45) is 8.56. The molecule has 0 spiro atoms. The maximum atomic E-state index is 6.92. The Hall–Kier alpha value is -0.880. The highest BCUT2D eigenvalue weighted by Crippen LogP contribution is 2.16. The fraction of sp³-hybridized carbons (Fsp3) is 0.600. The number of rotatable bonds is 1. The van der Waals surface area contributed by atoms with Gasteiger partial charge in [-0.1, -0.05) is 12.8 Å². The van der Waals surface area contributed by atoms with E-state index in [1.165, 1.54) is 0 Å². The van der Waals surface area contributed by atoms with Crippen molar-refractivity contribution in [2.24, 2.45) is 5.41 Å². The Labute approximate surface area is 64.0 Å². The van der Waals surface area contributed by atoms with E-state index in [4.69, 9.17) is 6.42 Å². The SMILES string of the molecule is [C]#CC(C)(C)CC#CCC. The molecule has 0 aromatic heterocycles. The third-order valence-corrected chi connectivity index (χ3v) is 1.17. The van der Waals surface area contributed by atoms with Crippen molar-refractivity contribution < 1.29 is 0 Å². The van der Waals surface area contributed by atoms with Crippen molar-refractivity contribution >= 4 is 0 Å². The molecule has 0 saturated heterocycles. The van der Waals surface area contributed by atoms with Gasteiger partial charge in [0, 0.05) is 18.3 Å². The summed E-state index contributed by atoms with van der Waals surface area (Å²) in [5, 5.41) is 0. The van der Waals surface area contributed by atoms with E-state index >= 15 is 0 Å². The molecule has 0 amide bonds. The molecule has 10 heavy (non-hydrogen) atoms. The minimum atomic E-state index is -0.165. The van der Waals surface area contributed by atoms with Crippen LogP contribution in [-0.4, -0.2) is 0 Å². The van der Waals surface area contributed by atoms with E-state index in [2.05, 4.69) is 17.8 Å². The van der Waals surface area contributed by atoms with Crippen LogP contribution in [0.5, 0.6) is 0 Å². The average molecular weight is 133 g/mol. The van der Waals surface area contributed by atoms with E-state index in [9.17, 15) is 0 Å². The molecule has 0 N–H and O–H groups in total. The van der Waals surface area contributed by atoms with Crippen molar-refractivity contribution in [3.05, 3.63) is 6.42 Å². The van der Waals surface area contributed by atoms with Gasteiger partial charge in [-0.2, -0.15) is 0 Å². The van der Waals surface area contributed by atoms with Crippen molar-refractivity contribution in [1.82, 2.24) is 0 Å². The Morgan fingerprint density at radius 2 is 1.90 bits per heavy atom.